The molecular weight excluding hydrogens is 332 g/mol. The second-order valence-electron chi connectivity index (χ2n) is 5.96. The Labute approximate surface area is 150 Å². The molecular formula is C19H20N4OS. The normalized spacial score (nSPS) is 11.5. The van der Waals surface area contributed by atoms with Crippen LogP contribution in [0.1, 0.15) is 30.9 Å². The van der Waals surface area contributed by atoms with E-state index in [1.54, 1.807) is 6.21 Å². The molecule has 1 amide bonds. The largest absolute Gasteiger partial charge is 0.333 e. The number of carbonyl (C=O) groups is 1. The zero-order valence-corrected chi connectivity index (χ0v) is 15.0. The number of nitrogens with zero attached hydrogens (tertiary/aromatic N) is 2. The summed E-state index contributed by atoms with van der Waals surface area (Å²) in [7, 11) is 0. The molecule has 2 aromatic carbocycles. The fourth-order valence-corrected chi connectivity index (χ4v) is 2.99. The third-order valence-corrected chi connectivity index (χ3v) is 4.59. The van der Waals surface area contributed by atoms with E-state index in [9.17, 15) is 4.79 Å². The van der Waals surface area contributed by atoms with Gasteiger partial charge < -0.3 is 4.98 Å². The molecule has 0 aliphatic rings. The van der Waals surface area contributed by atoms with E-state index < -0.39 is 0 Å². The van der Waals surface area contributed by atoms with Gasteiger partial charge in [-0.05, 0) is 29.2 Å². The molecule has 0 bridgehead atoms. The monoisotopic (exact) mass is 352 g/mol. The number of imidazole rings is 1. The minimum atomic E-state index is -0.166. The standard InChI is InChI=1S/C19H20N4OS/c1-13(2)15-9-7-14(8-10-15)11-20-23-18(24)12-25-19-21-16-5-3-4-6-17(16)22-19/h3-11,13H,12H2,1-2H3,(H,21,22)(H,23,24)/b20-11+. The lowest BCUT2D eigenvalue weighted by atomic mass is 10.0. The van der Waals surface area contributed by atoms with E-state index in [1.165, 1.54) is 17.3 Å². The number of carbonyl (C=O) groups excluding carboxylic acids is 1. The van der Waals surface area contributed by atoms with Crippen LogP contribution in [0.3, 0.4) is 0 Å². The second kappa shape index (κ2) is 7.98. The van der Waals surface area contributed by atoms with Crippen LogP contribution in [0.5, 0.6) is 0 Å². The Balaban J connectivity index is 1.48. The van der Waals surface area contributed by atoms with Crippen LogP contribution in [0.25, 0.3) is 11.0 Å². The molecule has 0 saturated carbocycles. The van der Waals surface area contributed by atoms with Crippen molar-refractivity contribution in [2.75, 3.05) is 5.75 Å². The summed E-state index contributed by atoms with van der Waals surface area (Å²) in [5, 5.41) is 4.73. The molecule has 3 aromatic rings. The number of hydrogen-bond acceptors (Lipinski definition) is 4. The van der Waals surface area contributed by atoms with E-state index in [0.29, 0.717) is 5.92 Å². The number of nitrogens with one attached hydrogen (secondary N) is 2. The first kappa shape index (κ1) is 17.2. The maximum Gasteiger partial charge on any atom is 0.250 e. The third-order valence-electron chi connectivity index (χ3n) is 3.71. The number of hydrazone groups is 1. The molecule has 6 heteroatoms. The molecule has 25 heavy (non-hydrogen) atoms. The van der Waals surface area contributed by atoms with Crippen molar-refractivity contribution in [2.45, 2.75) is 24.9 Å². The minimum Gasteiger partial charge on any atom is -0.333 e. The van der Waals surface area contributed by atoms with E-state index in [0.717, 1.165) is 21.8 Å². The first-order valence-electron chi connectivity index (χ1n) is 8.11. The first-order valence-corrected chi connectivity index (χ1v) is 9.10. The number of amides is 1. The van der Waals surface area contributed by atoms with Crippen molar-refractivity contribution >= 4 is 34.9 Å². The van der Waals surface area contributed by atoms with E-state index >= 15 is 0 Å². The fraction of sp³-hybridized carbons (Fsp3) is 0.211. The van der Waals surface area contributed by atoms with Crippen LogP contribution in [0.15, 0.2) is 58.8 Å². The molecule has 3 rings (SSSR count). The minimum absolute atomic E-state index is 0.166. The highest BCUT2D eigenvalue weighted by molar-refractivity contribution is 7.99. The van der Waals surface area contributed by atoms with Crippen molar-refractivity contribution in [3.63, 3.8) is 0 Å². The molecule has 0 atom stereocenters. The molecule has 0 unspecified atom stereocenters. The smallest absolute Gasteiger partial charge is 0.250 e. The summed E-state index contributed by atoms with van der Waals surface area (Å²) in [6.07, 6.45) is 1.65. The quantitative estimate of drug-likeness (QED) is 0.401. The van der Waals surface area contributed by atoms with Crippen molar-refractivity contribution in [1.29, 1.82) is 0 Å². The van der Waals surface area contributed by atoms with Crippen molar-refractivity contribution in [3.8, 4) is 0 Å². The van der Waals surface area contributed by atoms with Crippen LogP contribution in [0, 0.1) is 0 Å². The van der Waals surface area contributed by atoms with Crippen LogP contribution in [0.2, 0.25) is 0 Å². The maximum absolute atomic E-state index is 11.9. The number of rotatable bonds is 6. The van der Waals surface area contributed by atoms with Crippen LogP contribution in [0.4, 0.5) is 0 Å². The molecule has 1 aromatic heterocycles. The molecule has 0 aliphatic carbocycles. The Bertz CT molecular complexity index is 851. The van der Waals surface area contributed by atoms with Gasteiger partial charge in [-0.15, -0.1) is 0 Å². The summed E-state index contributed by atoms with van der Waals surface area (Å²) < 4.78 is 0. The van der Waals surface area contributed by atoms with Crippen molar-refractivity contribution in [2.24, 2.45) is 5.10 Å². The number of fused-ring (bicyclic) bond motifs is 1. The third kappa shape index (κ3) is 4.70. The van der Waals surface area contributed by atoms with Gasteiger partial charge in [0.2, 0.25) is 0 Å². The molecule has 0 spiro atoms. The summed E-state index contributed by atoms with van der Waals surface area (Å²) in [5.41, 5.74) is 6.64. The Kier molecular flexibility index (Phi) is 5.50. The lowest BCUT2D eigenvalue weighted by Crippen LogP contribution is -2.19. The van der Waals surface area contributed by atoms with Gasteiger partial charge >= 0.3 is 0 Å². The van der Waals surface area contributed by atoms with Gasteiger partial charge in [0.1, 0.15) is 0 Å². The van der Waals surface area contributed by atoms with E-state index in [-0.39, 0.29) is 11.7 Å². The van der Waals surface area contributed by atoms with Gasteiger partial charge in [-0.1, -0.05) is 62.0 Å². The highest BCUT2D eigenvalue weighted by atomic mass is 32.2. The Morgan fingerprint density at radius 1 is 1.24 bits per heavy atom. The second-order valence-corrected chi connectivity index (χ2v) is 6.93. The van der Waals surface area contributed by atoms with Crippen molar-refractivity contribution in [1.82, 2.24) is 15.4 Å². The zero-order chi connectivity index (χ0) is 17.6. The van der Waals surface area contributed by atoms with Crippen LogP contribution in [-0.4, -0.2) is 27.8 Å². The SMILES string of the molecule is CC(C)c1ccc(/C=N/NC(=O)CSc2nc3ccccc3[nH]2)cc1. The molecule has 5 nitrogen and oxygen atoms in total. The summed E-state index contributed by atoms with van der Waals surface area (Å²) >= 11 is 1.35. The number of para-hydroxylation sites is 2. The number of hydrogen-bond donors (Lipinski definition) is 2. The molecule has 128 valence electrons. The molecule has 0 radical (unpaired) electrons. The van der Waals surface area contributed by atoms with Gasteiger partial charge in [0, 0.05) is 0 Å². The Morgan fingerprint density at radius 3 is 2.72 bits per heavy atom. The number of aromatic amines is 1. The van der Waals surface area contributed by atoms with Gasteiger partial charge in [-0.3, -0.25) is 4.79 Å². The Hall–Kier alpha value is -2.60. The van der Waals surface area contributed by atoms with Gasteiger partial charge in [0.25, 0.3) is 5.91 Å². The predicted molar refractivity (Wildman–Crippen MR) is 103 cm³/mol. The van der Waals surface area contributed by atoms with Gasteiger partial charge in [-0.25, -0.2) is 10.4 Å². The lowest BCUT2D eigenvalue weighted by molar-refractivity contribution is -0.118. The van der Waals surface area contributed by atoms with Crippen LogP contribution >= 0.6 is 11.8 Å². The van der Waals surface area contributed by atoms with Crippen LogP contribution < -0.4 is 5.43 Å². The zero-order valence-electron chi connectivity index (χ0n) is 14.2. The molecule has 1 heterocycles. The molecule has 2 N–H and O–H groups in total. The molecule has 0 saturated heterocycles. The van der Waals surface area contributed by atoms with Crippen LogP contribution in [-0.2, 0) is 4.79 Å². The highest BCUT2D eigenvalue weighted by Gasteiger charge is 2.06. The summed E-state index contributed by atoms with van der Waals surface area (Å²) in [6, 6.07) is 15.9. The number of benzene rings is 2. The predicted octanol–water partition coefficient (Wildman–Crippen LogP) is 3.93. The highest BCUT2D eigenvalue weighted by Crippen LogP contribution is 2.18. The average Bonchev–Trinajstić information content (AvgIpc) is 3.03. The summed E-state index contributed by atoms with van der Waals surface area (Å²) in [4.78, 5) is 19.5. The maximum atomic E-state index is 11.9. The number of H-pyrrole nitrogens is 1. The Morgan fingerprint density at radius 2 is 2.00 bits per heavy atom. The first-order chi connectivity index (χ1) is 12.1. The lowest BCUT2D eigenvalue weighted by Gasteiger charge is -2.04. The van der Waals surface area contributed by atoms with E-state index in [2.05, 4.69) is 46.5 Å². The van der Waals surface area contributed by atoms with Gasteiger partial charge in [-0.2, -0.15) is 5.10 Å². The van der Waals surface area contributed by atoms with Gasteiger partial charge in [0.05, 0.1) is 23.0 Å². The molecule has 0 aliphatic heterocycles. The van der Waals surface area contributed by atoms with E-state index in [4.69, 9.17) is 0 Å². The topological polar surface area (TPSA) is 70.1 Å². The number of thioether (sulfide) groups is 1. The number of aromatic nitrogens is 2. The van der Waals surface area contributed by atoms with E-state index in [1.807, 2.05) is 36.4 Å². The molecule has 0 fully saturated rings. The average molecular weight is 352 g/mol. The van der Waals surface area contributed by atoms with Gasteiger partial charge in [0.15, 0.2) is 5.16 Å². The summed E-state index contributed by atoms with van der Waals surface area (Å²) in [6.45, 7) is 4.31. The fourth-order valence-electron chi connectivity index (χ4n) is 2.31. The van der Waals surface area contributed by atoms with Crippen molar-refractivity contribution < 1.29 is 4.79 Å². The summed E-state index contributed by atoms with van der Waals surface area (Å²) in [5.74, 6) is 0.588. The van der Waals surface area contributed by atoms with Crippen molar-refractivity contribution in [3.05, 3.63) is 59.7 Å².